The van der Waals surface area contributed by atoms with Crippen molar-refractivity contribution < 1.29 is 43.3 Å². The monoisotopic (exact) mass is 516 g/mol. The molecule has 0 fully saturated rings. The standard InChI is InChI=1S/C25H44N2O9/c1-14(2)12-18(22(31)35-17(6)21(29)30)26(10)20(28)16(5)34-23(32)19(13-15(3)4)27(11)24(33)36-25(7,8)9/h14-19H,12-13H2,1-11H3,(H,29,30)/t16-,17-,18+,19+/m1/s1. The predicted octanol–water partition coefficient (Wildman–Crippen LogP) is 3.09. The fourth-order valence-corrected chi connectivity index (χ4v) is 3.23. The first-order valence-corrected chi connectivity index (χ1v) is 12.1. The van der Waals surface area contributed by atoms with Crippen LogP contribution in [0.2, 0.25) is 0 Å². The number of ether oxygens (including phenoxy) is 3. The number of hydrogen-bond donors (Lipinski definition) is 1. The zero-order chi connectivity index (χ0) is 28.5. The summed E-state index contributed by atoms with van der Waals surface area (Å²) in [6.07, 6.45) is -2.87. The molecule has 208 valence electrons. The minimum absolute atomic E-state index is 0.0197. The zero-order valence-electron chi connectivity index (χ0n) is 23.5. The molecule has 36 heavy (non-hydrogen) atoms. The van der Waals surface area contributed by atoms with Gasteiger partial charge in [-0.3, -0.25) is 9.69 Å². The van der Waals surface area contributed by atoms with E-state index < -0.39 is 59.8 Å². The van der Waals surface area contributed by atoms with Crippen LogP contribution < -0.4 is 0 Å². The number of carboxylic acid groups (broad SMARTS) is 1. The normalized spacial score (nSPS) is 14.9. The summed E-state index contributed by atoms with van der Waals surface area (Å²) in [4.78, 5) is 64.6. The van der Waals surface area contributed by atoms with Gasteiger partial charge in [-0.25, -0.2) is 19.2 Å². The number of carbonyl (C=O) groups excluding carboxylic acids is 4. The molecule has 0 aliphatic rings. The van der Waals surface area contributed by atoms with E-state index in [-0.39, 0.29) is 24.7 Å². The Bertz CT molecular complexity index is 789. The third kappa shape index (κ3) is 11.3. The Morgan fingerprint density at radius 3 is 1.47 bits per heavy atom. The number of carboxylic acids is 1. The summed E-state index contributed by atoms with van der Waals surface area (Å²) in [5.41, 5.74) is -0.762. The van der Waals surface area contributed by atoms with Gasteiger partial charge in [0, 0.05) is 14.1 Å². The Morgan fingerprint density at radius 2 is 1.11 bits per heavy atom. The van der Waals surface area contributed by atoms with Gasteiger partial charge in [0.05, 0.1) is 0 Å². The molecule has 11 nitrogen and oxygen atoms in total. The molecule has 4 atom stereocenters. The van der Waals surface area contributed by atoms with Gasteiger partial charge in [0.25, 0.3) is 5.91 Å². The van der Waals surface area contributed by atoms with Gasteiger partial charge in [-0.15, -0.1) is 0 Å². The first kappa shape index (κ1) is 33.1. The number of aliphatic carboxylic acids is 1. The molecule has 2 amide bonds. The first-order valence-electron chi connectivity index (χ1n) is 12.1. The van der Waals surface area contributed by atoms with Gasteiger partial charge in [0.2, 0.25) is 0 Å². The van der Waals surface area contributed by atoms with Gasteiger partial charge in [0.15, 0.2) is 12.2 Å². The highest BCUT2D eigenvalue weighted by atomic mass is 16.6. The van der Waals surface area contributed by atoms with Crippen LogP contribution in [0.4, 0.5) is 4.79 Å². The lowest BCUT2D eigenvalue weighted by Crippen LogP contribution is -2.51. The van der Waals surface area contributed by atoms with Crippen molar-refractivity contribution in [1.29, 1.82) is 0 Å². The smallest absolute Gasteiger partial charge is 0.410 e. The van der Waals surface area contributed by atoms with Crippen LogP contribution in [0.3, 0.4) is 0 Å². The number of carbonyl (C=O) groups is 5. The van der Waals surface area contributed by atoms with E-state index in [2.05, 4.69) is 0 Å². The van der Waals surface area contributed by atoms with Crippen LogP contribution in [0.5, 0.6) is 0 Å². The fourth-order valence-electron chi connectivity index (χ4n) is 3.23. The van der Waals surface area contributed by atoms with Gasteiger partial charge >= 0.3 is 24.0 Å². The average molecular weight is 517 g/mol. The molecule has 11 heteroatoms. The van der Waals surface area contributed by atoms with E-state index in [9.17, 15) is 24.0 Å². The van der Waals surface area contributed by atoms with Gasteiger partial charge < -0.3 is 24.2 Å². The van der Waals surface area contributed by atoms with Crippen LogP contribution >= 0.6 is 0 Å². The van der Waals surface area contributed by atoms with Gasteiger partial charge in [-0.1, -0.05) is 27.7 Å². The van der Waals surface area contributed by atoms with Gasteiger partial charge in [-0.2, -0.15) is 0 Å². The summed E-state index contributed by atoms with van der Waals surface area (Å²) in [6, 6.07) is -2.07. The molecule has 0 aromatic heterocycles. The maximum absolute atomic E-state index is 13.1. The summed E-state index contributed by atoms with van der Waals surface area (Å²) in [5.74, 6) is -3.62. The molecule has 0 unspecified atom stereocenters. The van der Waals surface area contributed by atoms with Crippen molar-refractivity contribution in [3.05, 3.63) is 0 Å². The highest BCUT2D eigenvalue weighted by Gasteiger charge is 2.37. The van der Waals surface area contributed by atoms with Gasteiger partial charge in [0.1, 0.15) is 17.7 Å². The van der Waals surface area contributed by atoms with E-state index in [1.165, 1.54) is 27.9 Å². The molecule has 0 radical (unpaired) electrons. The Hall–Kier alpha value is -2.85. The molecular formula is C25H44N2O9. The molecule has 1 N–H and O–H groups in total. The van der Waals surface area contributed by atoms with E-state index in [1.54, 1.807) is 20.8 Å². The van der Waals surface area contributed by atoms with Crippen molar-refractivity contribution in [2.24, 2.45) is 11.8 Å². The minimum atomic E-state index is -1.38. The number of amides is 2. The molecule has 0 rings (SSSR count). The second-order valence-electron chi connectivity index (χ2n) is 10.8. The summed E-state index contributed by atoms with van der Waals surface area (Å²) >= 11 is 0. The third-order valence-electron chi connectivity index (χ3n) is 5.18. The topological polar surface area (TPSA) is 140 Å². The van der Waals surface area contributed by atoms with E-state index in [1.807, 2.05) is 27.7 Å². The average Bonchev–Trinajstić information content (AvgIpc) is 2.72. The van der Waals surface area contributed by atoms with Crippen LogP contribution in [0.25, 0.3) is 0 Å². The molecule has 0 spiro atoms. The fraction of sp³-hybridized carbons (Fsp3) is 0.800. The second kappa shape index (κ2) is 14.0. The summed E-state index contributed by atoms with van der Waals surface area (Å²) in [6.45, 7) is 15.2. The Kier molecular flexibility index (Phi) is 12.9. The van der Waals surface area contributed by atoms with E-state index in [4.69, 9.17) is 19.3 Å². The van der Waals surface area contributed by atoms with Crippen molar-refractivity contribution in [2.45, 2.75) is 105 Å². The van der Waals surface area contributed by atoms with Crippen molar-refractivity contribution in [3.8, 4) is 0 Å². The van der Waals surface area contributed by atoms with Crippen molar-refractivity contribution >= 4 is 29.9 Å². The molecule has 0 saturated carbocycles. The van der Waals surface area contributed by atoms with Gasteiger partial charge in [-0.05, 0) is 59.3 Å². The number of esters is 2. The highest BCUT2D eigenvalue weighted by Crippen LogP contribution is 2.19. The summed E-state index contributed by atoms with van der Waals surface area (Å²) < 4.78 is 15.8. The maximum Gasteiger partial charge on any atom is 0.410 e. The van der Waals surface area contributed by atoms with Crippen molar-refractivity contribution in [3.63, 3.8) is 0 Å². The largest absolute Gasteiger partial charge is 0.479 e. The second-order valence-corrected chi connectivity index (χ2v) is 10.8. The lowest BCUT2D eigenvalue weighted by Gasteiger charge is -2.32. The summed E-state index contributed by atoms with van der Waals surface area (Å²) in [7, 11) is 2.80. The maximum atomic E-state index is 13.1. The highest BCUT2D eigenvalue weighted by molar-refractivity contribution is 5.90. The van der Waals surface area contributed by atoms with Crippen LogP contribution in [0, 0.1) is 11.8 Å². The first-order chi connectivity index (χ1) is 16.3. The van der Waals surface area contributed by atoms with Crippen LogP contribution in [-0.2, 0) is 33.4 Å². The van der Waals surface area contributed by atoms with Crippen LogP contribution in [0.15, 0.2) is 0 Å². The zero-order valence-corrected chi connectivity index (χ0v) is 23.5. The van der Waals surface area contributed by atoms with E-state index in [0.717, 1.165) is 9.80 Å². The number of rotatable bonds is 12. The number of likely N-dealkylation sites (N-methyl/N-ethyl adjacent to an activating group) is 2. The lowest BCUT2D eigenvalue weighted by atomic mass is 10.0. The Morgan fingerprint density at radius 1 is 0.722 bits per heavy atom. The molecular weight excluding hydrogens is 472 g/mol. The number of hydrogen-bond acceptors (Lipinski definition) is 8. The SMILES string of the molecule is CC(C)C[C@@H](C(=O)O[C@H](C)C(=O)N(C)[C@@H](CC(C)C)C(=O)O[C@H](C)C(=O)O)N(C)C(=O)OC(C)(C)C. The van der Waals surface area contributed by atoms with Crippen LogP contribution in [0.1, 0.15) is 75.2 Å². The third-order valence-corrected chi connectivity index (χ3v) is 5.18. The molecule has 0 aliphatic carbocycles. The molecule has 0 saturated heterocycles. The van der Waals surface area contributed by atoms with Crippen LogP contribution in [-0.4, -0.2) is 88.8 Å². The van der Waals surface area contributed by atoms with E-state index in [0.29, 0.717) is 0 Å². The summed E-state index contributed by atoms with van der Waals surface area (Å²) in [5, 5.41) is 9.04. The Balaban J connectivity index is 5.63. The van der Waals surface area contributed by atoms with Crippen molar-refractivity contribution in [1.82, 2.24) is 9.80 Å². The molecule has 0 bridgehead atoms. The molecule has 0 aromatic carbocycles. The quantitative estimate of drug-likeness (QED) is 0.306. The Labute approximate surface area is 214 Å². The predicted molar refractivity (Wildman–Crippen MR) is 132 cm³/mol. The number of nitrogens with zero attached hydrogens (tertiary/aromatic N) is 2. The lowest BCUT2D eigenvalue weighted by molar-refractivity contribution is -0.171. The molecule has 0 aliphatic heterocycles. The molecule has 0 heterocycles. The van der Waals surface area contributed by atoms with Crippen molar-refractivity contribution in [2.75, 3.05) is 14.1 Å². The minimum Gasteiger partial charge on any atom is -0.479 e. The van der Waals surface area contributed by atoms with E-state index >= 15 is 0 Å². The molecule has 0 aromatic rings.